The maximum atomic E-state index is 12.4. The second kappa shape index (κ2) is 6.46. The summed E-state index contributed by atoms with van der Waals surface area (Å²) in [7, 11) is 0. The molecular weight excluding hydrogens is 377 g/mol. The van der Waals surface area contributed by atoms with Gasteiger partial charge in [-0.15, -0.1) is 0 Å². The van der Waals surface area contributed by atoms with Gasteiger partial charge in [-0.3, -0.25) is 9.59 Å². The number of benzene rings is 1. The van der Waals surface area contributed by atoms with Gasteiger partial charge in [0.2, 0.25) is 5.91 Å². The van der Waals surface area contributed by atoms with Crippen LogP contribution in [0.3, 0.4) is 0 Å². The Morgan fingerprint density at radius 2 is 2.00 bits per heavy atom. The van der Waals surface area contributed by atoms with E-state index in [0.717, 1.165) is 53.5 Å². The quantitative estimate of drug-likeness (QED) is 0.318. The minimum absolute atomic E-state index is 0.192. The van der Waals surface area contributed by atoms with Crippen molar-refractivity contribution in [3.05, 3.63) is 28.8 Å². The van der Waals surface area contributed by atoms with Crippen molar-refractivity contribution in [3.63, 3.8) is 0 Å². The molecule has 0 saturated carbocycles. The molecule has 2 aliphatic heterocycles. The smallest absolute Gasteiger partial charge is 0.231 e. The molecule has 112 valence electrons. The summed E-state index contributed by atoms with van der Waals surface area (Å²) < 4.78 is 1.16. The van der Waals surface area contributed by atoms with Gasteiger partial charge in [-0.05, 0) is 53.4 Å². The molecule has 0 saturated heterocycles. The summed E-state index contributed by atoms with van der Waals surface area (Å²) in [5.41, 5.74) is 4.18. The molecule has 1 amide bonds. The second-order valence-corrected chi connectivity index (χ2v) is 6.97. The minimum Gasteiger partial charge on any atom is -0.312 e. The van der Waals surface area contributed by atoms with Crippen LogP contribution in [0.25, 0.3) is 0 Å². The molecule has 0 bridgehead atoms. The van der Waals surface area contributed by atoms with Crippen LogP contribution in [0, 0.1) is 0 Å². The van der Waals surface area contributed by atoms with E-state index in [9.17, 15) is 9.59 Å². The predicted octanol–water partition coefficient (Wildman–Crippen LogP) is 3.70. The molecule has 0 spiro atoms. The Bertz CT molecular complexity index is 582. The Morgan fingerprint density at radius 3 is 2.81 bits per heavy atom. The summed E-state index contributed by atoms with van der Waals surface area (Å²) in [6, 6.07) is 3.99. The average Bonchev–Trinajstić information content (AvgIpc) is 2.81. The van der Waals surface area contributed by atoms with Crippen LogP contribution in [-0.2, 0) is 17.6 Å². The number of Topliss-reactive ketones (excluding diaryl/α,β-unsaturated/α-hetero) is 1. The van der Waals surface area contributed by atoms with Crippen molar-refractivity contribution >= 4 is 40.0 Å². The van der Waals surface area contributed by atoms with E-state index in [1.165, 1.54) is 12.0 Å². The van der Waals surface area contributed by atoms with Crippen molar-refractivity contribution in [2.24, 2.45) is 0 Å². The third-order valence-electron chi connectivity index (χ3n) is 4.37. The number of amides is 1. The van der Waals surface area contributed by atoms with Crippen LogP contribution >= 0.6 is 22.6 Å². The maximum Gasteiger partial charge on any atom is 0.231 e. The van der Waals surface area contributed by atoms with Gasteiger partial charge < -0.3 is 4.90 Å². The van der Waals surface area contributed by atoms with E-state index in [-0.39, 0.29) is 11.7 Å². The topological polar surface area (TPSA) is 37.4 Å². The van der Waals surface area contributed by atoms with E-state index in [2.05, 4.69) is 22.6 Å². The molecule has 21 heavy (non-hydrogen) atoms. The Labute approximate surface area is 139 Å². The van der Waals surface area contributed by atoms with Crippen molar-refractivity contribution in [2.45, 2.75) is 44.9 Å². The van der Waals surface area contributed by atoms with E-state index < -0.39 is 0 Å². The van der Waals surface area contributed by atoms with Gasteiger partial charge in [-0.25, -0.2) is 0 Å². The van der Waals surface area contributed by atoms with Gasteiger partial charge in [0.15, 0.2) is 5.78 Å². The lowest BCUT2D eigenvalue weighted by Gasteiger charge is -2.25. The number of halogens is 1. The third-order valence-corrected chi connectivity index (χ3v) is 5.13. The number of hydrogen-bond acceptors (Lipinski definition) is 2. The predicted molar refractivity (Wildman–Crippen MR) is 92.5 cm³/mol. The number of carbonyl (C=O) groups is 2. The Balaban J connectivity index is 1.78. The molecule has 1 aromatic rings. The number of aryl methyl sites for hydroxylation is 1. The number of hydrogen-bond donors (Lipinski definition) is 0. The van der Waals surface area contributed by atoms with Crippen molar-refractivity contribution < 1.29 is 9.59 Å². The molecule has 1 aromatic carbocycles. The van der Waals surface area contributed by atoms with Gasteiger partial charge in [-0.2, -0.15) is 0 Å². The highest BCUT2D eigenvalue weighted by atomic mass is 127. The van der Waals surface area contributed by atoms with Crippen LogP contribution in [0.4, 0.5) is 5.69 Å². The van der Waals surface area contributed by atoms with Gasteiger partial charge in [0.25, 0.3) is 0 Å². The largest absolute Gasteiger partial charge is 0.312 e. The minimum atomic E-state index is 0.192. The summed E-state index contributed by atoms with van der Waals surface area (Å²) in [5.74, 6) is 0.427. The number of unbranched alkanes of at least 4 members (excludes halogenated alkanes) is 2. The molecule has 0 N–H and O–H groups in total. The maximum absolute atomic E-state index is 12.4. The van der Waals surface area contributed by atoms with Gasteiger partial charge in [-0.1, -0.05) is 29.0 Å². The van der Waals surface area contributed by atoms with E-state index in [0.29, 0.717) is 12.8 Å². The molecule has 0 atom stereocenters. The zero-order valence-electron chi connectivity index (χ0n) is 12.2. The normalized spacial score (nSPS) is 16.2. The number of carbonyl (C=O) groups excluding carboxylic acids is 2. The van der Waals surface area contributed by atoms with E-state index >= 15 is 0 Å². The fourth-order valence-electron chi connectivity index (χ4n) is 3.34. The zero-order chi connectivity index (χ0) is 14.8. The number of nitrogens with zero attached hydrogens (tertiary/aromatic N) is 1. The van der Waals surface area contributed by atoms with Crippen LogP contribution in [0.15, 0.2) is 12.1 Å². The summed E-state index contributed by atoms with van der Waals surface area (Å²) in [6.07, 6.45) is 6.38. The molecule has 2 heterocycles. The number of anilines is 1. The highest BCUT2D eigenvalue weighted by Crippen LogP contribution is 2.37. The first-order valence-corrected chi connectivity index (χ1v) is 9.28. The molecule has 0 aromatic heterocycles. The highest BCUT2D eigenvalue weighted by molar-refractivity contribution is 14.1. The first kappa shape index (κ1) is 15.0. The summed E-state index contributed by atoms with van der Waals surface area (Å²) >= 11 is 2.37. The molecule has 4 heteroatoms. The highest BCUT2D eigenvalue weighted by Gasteiger charge is 2.32. The van der Waals surface area contributed by atoms with Crippen LogP contribution < -0.4 is 4.90 Å². The Hall–Kier alpha value is -0.910. The molecule has 0 unspecified atom stereocenters. The second-order valence-electron chi connectivity index (χ2n) is 5.89. The standard InChI is InChI=1S/C17H20INO2/c18-7-3-1-2-6-15(20)13-9-12-5-4-8-19-16(21)11-14(10-13)17(12)19/h9-10H,1-8,11H2. The average molecular weight is 397 g/mol. The lowest BCUT2D eigenvalue weighted by Crippen LogP contribution is -2.31. The number of alkyl halides is 1. The molecule has 3 rings (SSSR count). The van der Waals surface area contributed by atoms with E-state index in [1.54, 1.807) is 0 Å². The van der Waals surface area contributed by atoms with Crippen molar-refractivity contribution in [1.82, 2.24) is 0 Å². The van der Waals surface area contributed by atoms with Crippen molar-refractivity contribution in [3.8, 4) is 0 Å². The molecule has 0 aliphatic carbocycles. The summed E-state index contributed by atoms with van der Waals surface area (Å²) in [5, 5.41) is 0. The van der Waals surface area contributed by atoms with Gasteiger partial charge in [0.1, 0.15) is 0 Å². The molecule has 0 radical (unpaired) electrons. The number of ketones is 1. The van der Waals surface area contributed by atoms with Gasteiger partial charge in [0, 0.05) is 18.5 Å². The van der Waals surface area contributed by atoms with Crippen molar-refractivity contribution in [2.75, 3.05) is 15.9 Å². The zero-order valence-corrected chi connectivity index (χ0v) is 14.3. The van der Waals surface area contributed by atoms with Gasteiger partial charge in [0.05, 0.1) is 12.1 Å². The van der Waals surface area contributed by atoms with Gasteiger partial charge >= 0.3 is 0 Å². The molecule has 3 nitrogen and oxygen atoms in total. The SMILES string of the molecule is O=C(CCCCCI)c1cc2c3c(c1)CC(=O)N3CCC2. The Morgan fingerprint density at radius 1 is 1.19 bits per heavy atom. The summed E-state index contributed by atoms with van der Waals surface area (Å²) in [6.45, 7) is 0.836. The van der Waals surface area contributed by atoms with Crippen LogP contribution in [-0.4, -0.2) is 22.7 Å². The fourth-order valence-corrected chi connectivity index (χ4v) is 3.88. The molecule has 2 aliphatic rings. The molecule has 0 fully saturated rings. The lowest BCUT2D eigenvalue weighted by atomic mass is 9.94. The first-order chi connectivity index (χ1) is 10.2. The van der Waals surface area contributed by atoms with Crippen LogP contribution in [0.2, 0.25) is 0 Å². The van der Waals surface area contributed by atoms with E-state index in [1.807, 2.05) is 17.0 Å². The monoisotopic (exact) mass is 397 g/mol. The number of rotatable bonds is 6. The lowest BCUT2D eigenvalue weighted by molar-refractivity contribution is -0.117. The Kier molecular flexibility index (Phi) is 4.62. The summed E-state index contributed by atoms with van der Waals surface area (Å²) in [4.78, 5) is 26.3. The first-order valence-electron chi connectivity index (χ1n) is 7.76. The molecular formula is C17H20INO2. The van der Waals surface area contributed by atoms with E-state index in [4.69, 9.17) is 0 Å². The van der Waals surface area contributed by atoms with Crippen LogP contribution in [0.1, 0.15) is 53.6 Å². The van der Waals surface area contributed by atoms with Crippen molar-refractivity contribution in [1.29, 1.82) is 0 Å². The fraction of sp³-hybridized carbons (Fsp3) is 0.529. The third kappa shape index (κ3) is 3.00. The van der Waals surface area contributed by atoms with Crippen LogP contribution in [0.5, 0.6) is 0 Å².